The van der Waals surface area contributed by atoms with Crippen LogP contribution in [0.5, 0.6) is 0 Å². The summed E-state index contributed by atoms with van der Waals surface area (Å²) >= 11 is 2.68. The number of halogens is 4. The second kappa shape index (κ2) is 6.35. The molecule has 0 aliphatic rings. The minimum atomic E-state index is -4.51. The summed E-state index contributed by atoms with van der Waals surface area (Å²) in [6, 6.07) is 0. The molecule has 2 nitrogen and oxygen atoms in total. The van der Waals surface area contributed by atoms with Crippen molar-refractivity contribution in [3.63, 3.8) is 0 Å². The minimum Gasteiger partial charge on any atom is -0.452 e. The molecule has 6 heteroatoms. The van der Waals surface area contributed by atoms with Crippen molar-refractivity contribution in [3.8, 4) is 0 Å². The average Bonchev–Trinajstić information content (AvgIpc) is 2.14. The zero-order valence-electron chi connectivity index (χ0n) is 8.60. The van der Waals surface area contributed by atoms with Crippen molar-refractivity contribution in [1.82, 2.24) is 0 Å². The van der Waals surface area contributed by atoms with E-state index in [-0.39, 0.29) is 0 Å². The maximum Gasteiger partial charge on any atom is 0.426 e. The van der Waals surface area contributed by atoms with E-state index in [2.05, 4.69) is 20.7 Å². The fraction of sp³-hybridized carbons (Fsp3) is 0.889. The Hall–Kier alpha value is -0.260. The summed E-state index contributed by atoms with van der Waals surface area (Å²) in [5.41, 5.74) is 0. The topological polar surface area (TPSA) is 26.3 Å². The van der Waals surface area contributed by atoms with Gasteiger partial charge in [0.05, 0.1) is 5.92 Å². The molecule has 0 aromatic carbocycles. The number of alkyl halides is 4. The Kier molecular flexibility index (Phi) is 6.24. The highest BCUT2D eigenvalue weighted by Gasteiger charge is 2.42. The predicted octanol–water partition coefficient (Wildman–Crippen LogP) is 3.29. The number of hydrogen-bond acceptors (Lipinski definition) is 2. The van der Waals surface area contributed by atoms with Crippen LogP contribution in [0.3, 0.4) is 0 Å². The number of rotatable bonds is 5. The van der Waals surface area contributed by atoms with Gasteiger partial charge < -0.3 is 4.74 Å². The van der Waals surface area contributed by atoms with E-state index in [9.17, 15) is 18.0 Å². The number of ether oxygens (including phenoxy) is 1. The fourth-order valence-electron chi connectivity index (χ4n) is 1.04. The molecule has 0 aromatic rings. The number of carbonyl (C=O) groups is 1. The molecule has 1 unspecified atom stereocenters. The Bertz CT molecular complexity index is 202. The van der Waals surface area contributed by atoms with Gasteiger partial charge in [-0.3, -0.25) is 4.79 Å². The van der Waals surface area contributed by atoms with Crippen molar-refractivity contribution in [2.24, 2.45) is 5.92 Å². The monoisotopic (exact) mass is 290 g/mol. The lowest BCUT2D eigenvalue weighted by Gasteiger charge is -2.21. The summed E-state index contributed by atoms with van der Waals surface area (Å²) in [6.45, 7) is 3.48. The molecule has 0 bridgehead atoms. The first-order valence-electron chi connectivity index (χ1n) is 4.69. The molecule has 1 atom stereocenters. The smallest absolute Gasteiger partial charge is 0.426 e. The van der Waals surface area contributed by atoms with Gasteiger partial charge in [0.25, 0.3) is 0 Å². The number of hydrogen-bond donors (Lipinski definition) is 0. The van der Waals surface area contributed by atoms with Crippen molar-refractivity contribution in [2.45, 2.75) is 39.0 Å². The summed E-state index contributed by atoms with van der Waals surface area (Å²) < 4.78 is 41.1. The summed E-state index contributed by atoms with van der Waals surface area (Å²) in [5.74, 6) is -1.23. The first-order chi connectivity index (χ1) is 6.86. The van der Waals surface area contributed by atoms with Crippen LogP contribution in [0, 0.1) is 5.92 Å². The van der Waals surface area contributed by atoms with Crippen LogP contribution in [-0.4, -0.2) is 23.6 Å². The first-order valence-corrected chi connectivity index (χ1v) is 5.82. The lowest BCUT2D eigenvalue weighted by molar-refractivity contribution is -0.216. The Morgan fingerprint density at radius 2 is 1.80 bits per heavy atom. The van der Waals surface area contributed by atoms with E-state index in [0.29, 0.717) is 12.8 Å². The van der Waals surface area contributed by atoms with Crippen LogP contribution >= 0.6 is 15.9 Å². The fourth-order valence-corrected chi connectivity index (χ4v) is 1.54. The van der Waals surface area contributed by atoms with Gasteiger partial charge in [0.15, 0.2) is 0 Å². The molecule has 0 radical (unpaired) electrons. The van der Waals surface area contributed by atoms with E-state index < -0.39 is 29.5 Å². The SMILES string of the molecule is CCC(CC)C(=O)OC(CBr)C(F)(F)F. The Labute approximate surface area is 95.3 Å². The summed E-state index contributed by atoms with van der Waals surface area (Å²) in [7, 11) is 0. The standard InChI is InChI=1S/C9H14BrF3O2/c1-3-6(4-2)8(14)15-7(5-10)9(11,12)13/h6-7H,3-5H2,1-2H3. The summed E-state index contributed by atoms with van der Waals surface area (Å²) in [5, 5.41) is -0.428. The third-order valence-electron chi connectivity index (χ3n) is 2.08. The molecule has 0 saturated heterocycles. The zero-order valence-corrected chi connectivity index (χ0v) is 10.2. The second-order valence-electron chi connectivity index (χ2n) is 3.13. The molecule has 0 fully saturated rings. The highest BCUT2D eigenvalue weighted by molar-refractivity contribution is 9.09. The van der Waals surface area contributed by atoms with Crippen LogP contribution in [0.4, 0.5) is 13.2 Å². The van der Waals surface area contributed by atoms with E-state index in [1.807, 2.05) is 0 Å². The van der Waals surface area contributed by atoms with Crippen molar-refractivity contribution in [3.05, 3.63) is 0 Å². The molecular weight excluding hydrogens is 277 g/mol. The van der Waals surface area contributed by atoms with Crippen molar-refractivity contribution in [2.75, 3.05) is 5.33 Å². The third kappa shape index (κ3) is 4.86. The van der Waals surface area contributed by atoms with Crippen LogP contribution in [0.2, 0.25) is 0 Å². The molecule has 0 N–H and O–H groups in total. The van der Waals surface area contributed by atoms with Crippen molar-refractivity contribution >= 4 is 21.9 Å². The first kappa shape index (κ1) is 14.7. The van der Waals surface area contributed by atoms with Crippen LogP contribution in [-0.2, 0) is 9.53 Å². The van der Waals surface area contributed by atoms with Gasteiger partial charge in [-0.25, -0.2) is 0 Å². The molecule has 0 amide bonds. The van der Waals surface area contributed by atoms with Gasteiger partial charge in [0, 0.05) is 5.33 Å². The Morgan fingerprint density at radius 3 is 2.07 bits per heavy atom. The zero-order chi connectivity index (χ0) is 12.1. The molecular formula is C9H14BrF3O2. The van der Waals surface area contributed by atoms with Crippen LogP contribution < -0.4 is 0 Å². The molecule has 0 aliphatic carbocycles. The predicted molar refractivity (Wildman–Crippen MR) is 53.8 cm³/mol. The van der Waals surface area contributed by atoms with Gasteiger partial charge in [-0.2, -0.15) is 13.2 Å². The van der Waals surface area contributed by atoms with E-state index in [4.69, 9.17) is 0 Å². The van der Waals surface area contributed by atoms with Crippen LogP contribution in [0.25, 0.3) is 0 Å². The van der Waals surface area contributed by atoms with Gasteiger partial charge in [0.2, 0.25) is 6.10 Å². The molecule has 0 aromatic heterocycles. The van der Waals surface area contributed by atoms with Crippen molar-refractivity contribution < 1.29 is 22.7 Å². The van der Waals surface area contributed by atoms with Crippen LogP contribution in [0.1, 0.15) is 26.7 Å². The van der Waals surface area contributed by atoms with Gasteiger partial charge in [0.1, 0.15) is 0 Å². The maximum atomic E-state index is 12.2. The number of carbonyl (C=O) groups excluding carboxylic acids is 1. The second-order valence-corrected chi connectivity index (χ2v) is 3.78. The van der Waals surface area contributed by atoms with E-state index in [1.54, 1.807) is 13.8 Å². The van der Waals surface area contributed by atoms with Gasteiger partial charge >= 0.3 is 12.1 Å². The van der Waals surface area contributed by atoms with Crippen LogP contribution in [0.15, 0.2) is 0 Å². The third-order valence-corrected chi connectivity index (χ3v) is 2.67. The highest BCUT2D eigenvalue weighted by Crippen LogP contribution is 2.25. The van der Waals surface area contributed by atoms with Gasteiger partial charge in [-0.05, 0) is 12.8 Å². The number of esters is 1. The van der Waals surface area contributed by atoms with E-state index in [1.165, 1.54) is 0 Å². The van der Waals surface area contributed by atoms with E-state index >= 15 is 0 Å². The molecule has 15 heavy (non-hydrogen) atoms. The largest absolute Gasteiger partial charge is 0.452 e. The normalized spacial score (nSPS) is 14.1. The molecule has 0 aliphatic heterocycles. The molecule has 0 spiro atoms. The Morgan fingerprint density at radius 1 is 1.33 bits per heavy atom. The maximum absolute atomic E-state index is 12.2. The lowest BCUT2D eigenvalue weighted by atomic mass is 10.0. The lowest BCUT2D eigenvalue weighted by Crippen LogP contribution is -2.36. The molecule has 0 heterocycles. The molecule has 0 rings (SSSR count). The van der Waals surface area contributed by atoms with E-state index in [0.717, 1.165) is 0 Å². The average molecular weight is 291 g/mol. The van der Waals surface area contributed by atoms with Gasteiger partial charge in [-0.15, -0.1) is 0 Å². The van der Waals surface area contributed by atoms with Crippen molar-refractivity contribution in [1.29, 1.82) is 0 Å². The minimum absolute atomic E-state index is 0.428. The quantitative estimate of drug-likeness (QED) is 0.574. The molecule has 0 saturated carbocycles. The Balaban J connectivity index is 4.36. The molecule has 90 valence electrons. The summed E-state index contributed by atoms with van der Waals surface area (Å²) in [6.07, 6.45) is -5.58. The summed E-state index contributed by atoms with van der Waals surface area (Å²) in [4.78, 5) is 11.3. The highest BCUT2D eigenvalue weighted by atomic mass is 79.9. The van der Waals surface area contributed by atoms with Gasteiger partial charge in [-0.1, -0.05) is 29.8 Å².